The Labute approximate surface area is 173 Å². The number of carbonyl (C=O) groups is 2. The Bertz CT molecular complexity index is 742. The van der Waals surface area contributed by atoms with E-state index in [9.17, 15) is 9.59 Å². The Balaban J connectivity index is 2.48. The molecule has 2 N–H and O–H groups in total. The first kappa shape index (κ1) is 20.3. The molecule has 0 aliphatic heterocycles. The first-order valence-electron chi connectivity index (χ1n) is 7.89. The number of aromatic amines is 2. The van der Waals surface area contributed by atoms with Gasteiger partial charge in [-0.05, 0) is 84.0 Å². The molecule has 0 radical (unpaired) electrons. The lowest BCUT2D eigenvalue weighted by atomic mass is 10.0. The fourth-order valence-electron chi connectivity index (χ4n) is 2.65. The van der Waals surface area contributed by atoms with E-state index in [0.29, 0.717) is 30.8 Å². The second kappa shape index (κ2) is 8.56. The van der Waals surface area contributed by atoms with Gasteiger partial charge in [-0.1, -0.05) is 0 Å². The summed E-state index contributed by atoms with van der Waals surface area (Å²) in [6.45, 7) is 7.94. The average Bonchev–Trinajstić information content (AvgIpc) is 2.97. The summed E-state index contributed by atoms with van der Waals surface area (Å²) in [5.41, 5.74) is 4.22. The maximum atomic E-state index is 12.3. The molecule has 2 aromatic rings. The minimum absolute atomic E-state index is 0.313. The molecule has 2 heterocycles. The monoisotopic (exact) mass is 570 g/mol. The van der Waals surface area contributed by atoms with Crippen molar-refractivity contribution < 1.29 is 19.1 Å². The lowest BCUT2D eigenvalue weighted by Gasteiger charge is -2.07. The Hall–Kier alpha value is -1.04. The summed E-state index contributed by atoms with van der Waals surface area (Å²) >= 11 is 4.31. The van der Waals surface area contributed by atoms with Crippen molar-refractivity contribution in [2.75, 3.05) is 13.2 Å². The number of nitrogens with one attached hydrogen (secondary N) is 2. The molecule has 2 rings (SSSR count). The van der Waals surface area contributed by atoms with Crippen LogP contribution in [0.15, 0.2) is 0 Å². The summed E-state index contributed by atoms with van der Waals surface area (Å²) in [7, 11) is 0. The Kier molecular flexibility index (Phi) is 6.94. The van der Waals surface area contributed by atoms with Crippen molar-refractivity contribution in [1.29, 1.82) is 0 Å². The largest absolute Gasteiger partial charge is 0.462 e. The van der Waals surface area contributed by atoms with Gasteiger partial charge in [0.2, 0.25) is 0 Å². The van der Waals surface area contributed by atoms with Crippen molar-refractivity contribution >= 4 is 57.1 Å². The zero-order valence-corrected chi connectivity index (χ0v) is 18.8. The van der Waals surface area contributed by atoms with Crippen LogP contribution in [0.4, 0.5) is 0 Å². The molecular weight excluding hydrogens is 550 g/mol. The van der Waals surface area contributed by atoms with Crippen molar-refractivity contribution in [1.82, 2.24) is 9.97 Å². The number of aromatic nitrogens is 2. The first-order valence-corrected chi connectivity index (χ1v) is 10.1. The number of esters is 2. The fraction of sp³-hybridized carbons (Fsp3) is 0.412. The van der Waals surface area contributed by atoms with Crippen LogP contribution < -0.4 is 0 Å². The van der Waals surface area contributed by atoms with Crippen molar-refractivity contribution in [2.24, 2.45) is 0 Å². The van der Waals surface area contributed by atoms with Crippen LogP contribution in [0.5, 0.6) is 0 Å². The molecule has 0 bridgehead atoms. The summed E-state index contributed by atoms with van der Waals surface area (Å²) in [5, 5.41) is 0. The predicted octanol–water partition coefficient (Wildman–Crippen LogP) is 4.11. The predicted molar refractivity (Wildman–Crippen MR) is 111 cm³/mol. The zero-order valence-electron chi connectivity index (χ0n) is 14.5. The number of ether oxygens (including phenoxy) is 2. The Morgan fingerprint density at radius 1 is 0.840 bits per heavy atom. The van der Waals surface area contributed by atoms with Crippen molar-refractivity contribution in [3.8, 4) is 0 Å². The summed E-state index contributed by atoms with van der Waals surface area (Å²) in [5.74, 6) is -0.713. The second-order valence-corrected chi connectivity index (χ2v) is 7.61. The SMILES string of the molecule is CCOC(=O)c1c(Cc2[nH]c(I)c(C)c2C(=O)OCC)[nH]c(I)c1C. The number of halogens is 2. The van der Waals surface area contributed by atoms with Crippen LogP contribution in [0.25, 0.3) is 0 Å². The minimum atomic E-state index is -0.357. The third-order valence-corrected chi connectivity index (χ3v) is 6.00. The van der Waals surface area contributed by atoms with E-state index in [-0.39, 0.29) is 11.9 Å². The molecular formula is C17H20I2N2O4. The molecule has 0 fully saturated rings. The van der Waals surface area contributed by atoms with Gasteiger partial charge >= 0.3 is 11.9 Å². The molecule has 2 aromatic heterocycles. The highest BCUT2D eigenvalue weighted by Gasteiger charge is 2.25. The zero-order chi connectivity index (χ0) is 18.7. The molecule has 6 nitrogen and oxygen atoms in total. The molecule has 8 heteroatoms. The molecule has 0 saturated carbocycles. The van der Waals surface area contributed by atoms with E-state index in [1.807, 2.05) is 13.8 Å². The lowest BCUT2D eigenvalue weighted by Crippen LogP contribution is -2.11. The van der Waals surface area contributed by atoms with Crippen LogP contribution in [-0.4, -0.2) is 35.1 Å². The van der Waals surface area contributed by atoms with Crippen molar-refractivity contribution in [3.63, 3.8) is 0 Å². The number of rotatable bonds is 6. The molecule has 0 amide bonds. The topological polar surface area (TPSA) is 84.2 Å². The minimum Gasteiger partial charge on any atom is -0.462 e. The Morgan fingerprint density at radius 2 is 1.20 bits per heavy atom. The second-order valence-electron chi connectivity index (χ2n) is 5.45. The third kappa shape index (κ3) is 4.21. The van der Waals surface area contributed by atoms with Gasteiger partial charge in [0.15, 0.2) is 0 Å². The van der Waals surface area contributed by atoms with E-state index < -0.39 is 0 Å². The lowest BCUT2D eigenvalue weighted by molar-refractivity contribution is 0.0516. The molecule has 0 unspecified atom stereocenters. The molecule has 0 spiro atoms. The molecule has 0 aromatic carbocycles. The molecule has 136 valence electrons. The Morgan fingerprint density at radius 3 is 1.52 bits per heavy atom. The van der Waals surface area contributed by atoms with E-state index in [2.05, 4.69) is 55.1 Å². The summed E-state index contributed by atoms with van der Waals surface area (Å²) in [4.78, 5) is 31.1. The van der Waals surface area contributed by atoms with E-state index in [1.54, 1.807) is 13.8 Å². The van der Waals surface area contributed by atoms with E-state index in [1.165, 1.54) is 0 Å². The number of H-pyrrole nitrogens is 2. The smallest absolute Gasteiger partial charge is 0.340 e. The van der Waals surface area contributed by atoms with Crippen LogP contribution in [0.1, 0.15) is 57.1 Å². The van der Waals surface area contributed by atoms with Gasteiger partial charge in [0.25, 0.3) is 0 Å². The van der Waals surface area contributed by atoms with Gasteiger partial charge in [-0.25, -0.2) is 9.59 Å². The van der Waals surface area contributed by atoms with Gasteiger partial charge in [-0.15, -0.1) is 0 Å². The highest BCUT2D eigenvalue weighted by Crippen LogP contribution is 2.27. The molecule has 0 saturated heterocycles. The van der Waals surface area contributed by atoms with Gasteiger partial charge in [0, 0.05) is 17.8 Å². The molecule has 0 atom stereocenters. The van der Waals surface area contributed by atoms with Crippen molar-refractivity contribution in [3.05, 3.63) is 41.0 Å². The number of hydrogen-bond acceptors (Lipinski definition) is 4. The van der Waals surface area contributed by atoms with Crippen LogP contribution in [-0.2, 0) is 15.9 Å². The molecule has 25 heavy (non-hydrogen) atoms. The van der Waals surface area contributed by atoms with Gasteiger partial charge in [0.05, 0.1) is 31.7 Å². The van der Waals surface area contributed by atoms with Gasteiger partial charge in [-0.2, -0.15) is 0 Å². The summed E-state index contributed by atoms with van der Waals surface area (Å²) < 4.78 is 12.1. The fourth-order valence-corrected chi connectivity index (χ4v) is 3.84. The van der Waals surface area contributed by atoms with Crippen LogP contribution in [0.2, 0.25) is 0 Å². The van der Waals surface area contributed by atoms with Crippen LogP contribution in [0.3, 0.4) is 0 Å². The third-order valence-electron chi connectivity index (χ3n) is 3.85. The maximum Gasteiger partial charge on any atom is 0.340 e. The quantitative estimate of drug-likeness (QED) is 0.405. The van der Waals surface area contributed by atoms with Crippen LogP contribution >= 0.6 is 45.2 Å². The molecule has 0 aliphatic carbocycles. The normalized spacial score (nSPS) is 10.8. The highest BCUT2D eigenvalue weighted by atomic mass is 127. The first-order chi connectivity index (χ1) is 11.8. The van der Waals surface area contributed by atoms with Gasteiger partial charge < -0.3 is 19.4 Å². The van der Waals surface area contributed by atoms with Crippen LogP contribution in [0, 0.1) is 21.2 Å². The number of carbonyl (C=O) groups excluding carboxylic acids is 2. The van der Waals surface area contributed by atoms with Gasteiger partial charge in [-0.3, -0.25) is 0 Å². The maximum absolute atomic E-state index is 12.3. The summed E-state index contributed by atoms with van der Waals surface area (Å²) in [6.07, 6.45) is 0.385. The standard InChI is InChI=1S/C17H20I2N2O4/c1-5-24-16(22)12-8(3)14(18)20-10(12)7-11-13(17(23)25-6-2)9(4)15(19)21-11/h20-21H,5-7H2,1-4H3. The highest BCUT2D eigenvalue weighted by molar-refractivity contribution is 14.1. The van der Waals surface area contributed by atoms with E-state index in [0.717, 1.165) is 29.9 Å². The summed E-state index contributed by atoms with van der Waals surface area (Å²) in [6, 6.07) is 0. The average molecular weight is 570 g/mol. The van der Waals surface area contributed by atoms with E-state index in [4.69, 9.17) is 9.47 Å². The number of hydrogen-bond donors (Lipinski definition) is 2. The van der Waals surface area contributed by atoms with Gasteiger partial charge in [0.1, 0.15) is 0 Å². The van der Waals surface area contributed by atoms with Crippen molar-refractivity contribution in [2.45, 2.75) is 34.1 Å². The van der Waals surface area contributed by atoms with E-state index >= 15 is 0 Å². The molecule has 0 aliphatic rings.